The van der Waals surface area contributed by atoms with Crippen molar-refractivity contribution in [1.82, 2.24) is 14.8 Å². The van der Waals surface area contributed by atoms with Gasteiger partial charge in [0.2, 0.25) is 5.91 Å². The normalized spacial score (nSPS) is 10.7. The number of benzene rings is 1. The lowest BCUT2D eigenvalue weighted by Crippen LogP contribution is -2.19. The van der Waals surface area contributed by atoms with E-state index < -0.39 is 5.82 Å². The monoisotopic (exact) mass is 402 g/mol. The van der Waals surface area contributed by atoms with E-state index in [1.165, 1.54) is 16.7 Å². The fourth-order valence-corrected chi connectivity index (χ4v) is 2.94. The third-order valence-electron chi connectivity index (χ3n) is 3.00. The summed E-state index contributed by atoms with van der Waals surface area (Å²) >= 11 is 4.29. The third kappa shape index (κ3) is 4.93. The average Bonchev–Trinajstić information content (AvgIpc) is 2.86. The molecule has 0 aliphatic rings. The molecule has 1 aromatic heterocycles. The summed E-state index contributed by atoms with van der Waals surface area (Å²) in [7, 11) is 0. The Morgan fingerprint density at radius 2 is 2.30 bits per heavy atom. The number of amides is 1. The summed E-state index contributed by atoms with van der Waals surface area (Å²) in [6.45, 7) is 2.58. The molecule has 2 aromatic rings. The Hall–Kier alpha value is -1.61. The van der Waals surface area contributed by atoms with E-state index in [1.807, 2.05) is 6.92 Å². The van der Waals surface area contributed by atoms with Gasteiger partial charge in [-0.1, -0.05) is 41.0 Å². The lowest BCUT2D eigenvalue weighted by Gasteiger charge is -2.07. The lowest BCUT2D eigenvalue weighted by molar-refractivity contribution is -0.113. The summed E-state index contributed by atoms with van der Waals surface area (Å²) in [5, 5.41) is 9.23. The number of carbonyl (C=O) groups is 1. The van der Waals surface area contributed by atoms with E-state index in [0.29, 0.717) is 16.2 Å². The van der Waals surface area contributed by atoms with Crippen molar-refractivity contribution >= 4 is 39.3 Å². The summed E-state index contributed by atoms with van der Waals surface area (Å²) in [5.74, 6) is -0.850. The first kappa shape index (κ1) is 17.7. The van der Waals surface area contributed by atoms with Crippen LogP contribution in [0, 0.1) is 5.82 Å². The van der Waals surface area contributed by atoms with Crippen molar-refractivity contribution in [3.05, 3.63) is 39.0 Å². The van der Waals surface area contributed by atoms with Crippen molar-refractivity contribution in [2.24, 2.45) is 0 Å². The Morgan fingerprint density at radius 1 is 1.52 bits per heavy atom. The summed E-state index contributed by atoms with van der Waals surface area (Å²) in [5.41, 5.74) is -0.176. The van der Waals surface area contributed by atoms with Gasteiger partial charge in [-0.25, -0.2) is 14.3 Å². The molecule has 23 heavy (non-hydrogen) atoms. The molecule has 1 heterocycles. The first-order chi connectivity index (χ1) is 11.0. The number of halogens is 2. The SMILES string of the molecule is CCCCn1c(SCC(=O)Nc2ccc(Br)cc2F)n[nH]c1=O. The number of hydrogen-bond donors (Lipinski definition) is 2. The fraction of sp³-hybridized carbons (Fsp3) is 0.357. The Kier molecular flexibility index (Phi) is 6.40. The molecular formula is C14H16BrFN4O2S. The second kappa shape index (κ2) is 8.30. The van der Waals surface area contributed by atoms with Gasteiger partial charge < -0.3 is 5.32 Å². The zero-order chi connectivity index (χ0) is 16.8. The van der Waals surface area contributed by atoms with Gasteiger partial charge in [-0.15, -0.1) is 5.10 Å². The average molecular weight is 403 g/mol. The van der Waals surface area contributed by atoms with Crippen LogP contribution in [0.4, 0.5) is 10.1 Å². The topological polar surface area (TPSA) is 79.8 Å². The number of H-pyrrole nitrogens is 1. The number of rotatable bonds is 7. The van der Waals surface area contributed by atoms with E-state index in [2.05, 4.69) is 31.4 Å². The van der Waals surface area contributed by atoms with E-state index in [1.54, 1.807) is 6.07 Å². The zero-order valence-electron chi connectivity index (χ0n) is 12.4. The summed E-state index contributed by atoms with van der Waals surface area (Å²) < 4.78 is 15.8. The van der Waals surface area contributed by atoms with E-state index in [-0.39, 0.29) is 23.0 Å². The van der Waals surface area contributed by atoms with Gasteiger partial charge in [0.15, 0.2) is 5.16 Å². The van der Waals surface area contributed by atoms with Crippen molar-refractivity contribution in [3.8, 4) is 0 Å². The van der Waals surface area contributed by atoms with Crippen molar-refractivity contribution in [2.75, 3.05) is 11.1 Å². The molecule has 0 fully saturated rings. The summed E-state index contributed by atoms with van der Waals surface area (Å²) in [6.07, 6.45) is 1.80. The number of anilines is 1. The van der Waals surface area contributed by atoms with Gasteiger partial charge in [-0.3, -0.25) is 9.36 Å². The molecule has 2 rings (SSSR count). The van der Waals surface area contributed by atoms with Gasteiger partial charge in [0, 0.05) is 11.0 Å². The second-order valence-corrected chi connectivity index (χ2v) is 6.64. The van der Waals surface area contributed by atoms with Crippen LogP contribution in [0.1, 0.15) is 19.8 Å². The fourth-order valence-electron chi connectivity index (χ4n) is 1.83. The largest absolute Gasteiger partial charge is 0.343 e. The molecule has 0 aliphatic carbocycles. The highest BCUT2D eigenvalue weighted by molar-refractivity contribution is 9.10. The molecule has 124 valence electrons. The minimum Gasteiger partial charge on any atom is -0.323 e. The highest BCUT2D eigenvalue weighted by Crippen LogP contribution is 2.20. The van der Waals surface area contributed by atoms with Gasteiger partial charge in [0.05, 0.1) is 11.4 Å². The number of aromatic nitrogens is 3. The molecule has 0 aliphatic heterocycles. The van der Waals surface area contributed by atoms with Crippen LogP contribution in [0.5, 0.6) is 0 Å². The van der Waals surface area contributed by atoms with Crippen LogP contribution in [-0.2, 0) is 11.3 Å². The molecule has 1 aromatic carbocycles. The van der Waals surface area contributed by atoms with Gasteiger partial charge in [-0.2, -0.15) is 0 Å². The minimum atomic E-state index is -0.516. The van der Waals surface area contributed by atoms with Crippen LogP contribution in [0.3, 0.4) is 0 Å². The smallest absolute Gasteiger partial charge is 0.323 e. The maximum absolute atomic E-state index is 13.7. The summed E-state index contributed by atoms with van der Waals surface area (Å²) in [6, 6.07) is 4.40. The van der Waals surface area contributed by atoms with Crippen LogP contribution in [0.2, 0.25) is 0 Å². The maximum atomic E-state index is 13.7. The molecule has 1 amide bonds. The Morgan fingerprint density at radius 3 is 3.00 bits per heavy atom. The van der Waals surface area contributed by atoms with Crippen LogP contribution < -0.4 is 11.0 Å². The molecular weight excluding hydrogens is 387 g/mol. The van der Waals surface area contributed by atoms with E-state index in [0.717, 1.165) is 24.6 Å². The highest BCUT2D eigenvalue weighted by Gasteiger charge is 2.12. The van der Waals surface area contributed by atoms with E-state index >= 15 is 0 Å². The quantitative estimate of drug-likeness (QED) is 0.697. The molecule has 0 radical (unpaired) electrons. The molecule has 0 spiro atoms. The number of aromatic amines is 1. The third-order valence-corrected chi connectivity index (χ3v) is 4.47. The van der Waals surface area contributed by atoms with E-state index in [4.69, 9.17) is 0 Å². The van der Waals surface area contributed by atoms with Crippen LogP contribution in [0.25, 0.3) is 0 Å². The first-order valence-electron chi connectivity index (χ1n) is 7.04. The van der Waals surface area contributed by atoms with Crippen molar-refractivity contribution < 1.29 is 9.18 Å². The standard InChI is InChI=1S/C14H16BrFN4O2S/c1-2-3-6-20-13(22)18-19-14(20)23-8-12(21)17-11-5-4-9(15)7-10(11)16/h4-5,7H,2-3,6,8H2,1H3,(H,17,21)(H,18,22). The molecule has 0 atom stereocenters. The van der Waals surface area contributed by atoms with Crippen LogP contribution >= 0.6 is 27.7 Å². The van der Waals surface area contributed by atoms with Crippen molar-refractivity contribution in [2.45, 2.75) is 31.5 Å². The van der Waals surface area contributed by atoms with Gasteiger partial charge >= 0.3 is 5.69 Å². The predicted molar refractivity (Wildman–Crippen MR) is 91.2 cm³/mol. The van der Waals surface area contributed by atoms with Crippen molar-refractivity contribution in [3.63, 3.8) is 0 Å². The predicted octanol–water partition coefficient (Wildman–Crippen LogP) is 3.00. The Labute approximate surface area is 145 Å². The molecule has 0 bridgehead atoms. The Bertz CT molecular complexity index is 747. The molecule has 2 N–H and O–H groups in total. The van der Waals surface area contributed by atoms with Gasteiger partial charge in [0.25, 0.3) is 0 Å². The number of unbranched alkanes of at least 4 members (excludes halogenated alkanes) is 1. The van der Waals surface area contributed by atoms with Gasteiger partial charge in [0.1, 0.15) is 5.82 Å². The minimum absolute atomic E-state index is 0.0337. The van der Waals surface area contributed by atoms with E-state index in [9.17, 15) is 14.0 Å². The highest BCUT2D eigenvalue weighted by atomic mass is 79.9. The molecule has 9 heteroatoms. The number of carbonyl (C=O) groups excluding carboxylic acids is 1. The summed E-state index contributed by atoms with van der Waals surface area (Å²) in [4.78, 5) is 23.6. The Balaban J connectivity index is 1.95. The number of hydrogen-bond acceptors (Lipinski definition) is 4. The lowest BCUT2D eigenvalue weighted by atomic mass is 10.3. The number of thioether (sulfide) groups is 1. The number of nitrogens with zero attached hydrogens (tertiary/aromatic N) is 2. The molecule has 0 saturated heterocycles. The molecule has 0 unspecified atom stereocenters. The maximum Gasteiger partial charge on any atom is 0.343 e. The first-order valence-corrected chi connectivity index (χ1v) is 8.82. The van der Waals surface area contributed by atoms with Gasteiger partial charge in [-0.05, 0) is 24.6 Å². The molecule has 6 nitrogen and oxygen atoms in total. The van der Waals surface area contributed by atoms with Crippen LogP contribution in [0.15, 0.2) is 32.6 Å². The van der Waals surface area contributed by atoms with Crippen LogP contribution in [-0.4, -0.2) is 26.4 Å². The second-order valence-electron chi connectivity index (χ2n) is 4.78. The van der Waals surface area contributed by atoms with Crippen molar-refractivity contribution in [1.29, 1.82) is 0 Å². The number of nitrogens with one attached hydrogen (secondary N) is 2. The zero-order valence-corrected chi connectivity index (χ0v) is 14.8. The molecule has 0 saturated carbocycles.